The summed E-state index contributed by atoms with van der Waals surface area (Å²) in [6.45, 7) is 2.09. The molecule has 2 fully saturated rings. The summed E-state index contributed by atoms with van der Waals surface area (Å²) in [5, 5.41) is 11.7. The number of aromatic nitrogens is 3. The Morgan fingerprint density at radius 2 is 1.94 bits per heavy atom. The number of hydrogen-bond donors (Lipinski definition) is 1. The Hall–Kier alpha value is -1.03. The molecular weight excluding hydrogens is 212 g/mol. The Morgan fingerprint density at radius 1 is 1.06 bits per heavy atom. The van der Waals surface area contributed by atoms with Crippen molar-refractivity contribution in [1.82, 2.24) is 20.5 Å². The highest BCUT2D eigenvalue weighted by Gasteiger charge is 2.22. The maximum atomic E-state index is 4.76. The standard InChI is InChI=1S/C13H20N4/c1-2-4-10(5-3-1)12-9-15-17-13(16-12)11-6-7-14-8-11/h9-11,14H,1-8H2. The van der Waals surface area contributed by atoms with Crippen LogP contribution in [-0.4, -0.2) is 28.3 Å². The van der Waals surface area contributed by atoms with Gasteiger partial charge in [0.1, 0.15) is 0 Å². The summed E-state index contributed by atoms with van der Waals surface area (Å²) in [5.74, 6) is 2.07. The second-order valence-electron chi connectivity index (χ2n) is 5.26. The molecule has 17 heavy (non-hydrogen) atoms. The smallest absolute Gasteiger partial charge is 0.155 e. The van der Waals surface area contributed by atoms with E-state index >= 15 is 0 Å². The molecule has 92 valence electrons. The van der Waals surface area contributed by atoms with Crippen molar-refractivity contribution < 1.29 is 0 Å². The molecule has 1 aromatic heterocycles. The minimum atomic E-state index is 0.478. The molecule has 4 heteroatoms. The SMILES string of the molecule is c1nnc(C2CCNC2)nc1C1CCCCC1. The van der Waals surface area contributed by atoms with Gasteiger partial charge in [-0.25, -0.2) is 4.98 Å². The second kappa shape index (κ2) is 5.08. The lowest BCUT2D eigenvalue weighted by Crippen LogP contribution is -2.14. The van der Waals surface area contributed by atoms with Gasteiger partial charge in [-0.1, -0.05) is 19.3 Å². The van der Waals surface area contributed by atoms with E-state index < -0.39 is 0 Å². The van der Waals surface area contributed by atoms with Crippen molar-refractivity contribution in [3.05, 3.63) is 17.7 Å². The average Bonchev–Trinajstić information content (AvgIpc) is 2.94. The monoisotopic (exact) mass is 232 g/mol. The van der Waals surface area contributed by atoms with Crippen LogP contribution >= 0.6 is 0 Å². The number of nitrogens with one attached hydrogen (secondary N) is 1. The summed E-state index contributed by atoms with van der Waals surface area (Å²) in [5.41, 5.74) is 1.18. The maximum Gasteiger partial charge on any atom is 0.155 e. The third kappa shape index (κ3) is 2.46. The van der Waals surface area contributed by atoms with Crippen LogP contribution in [0, 0.1) is 0 Å². The first-order valence-electron chi connectivity index (χ1n) is 6.84. The number of hydrogen-bond acceptors (Lipinski definition) is 4. The van der Waals surface area contributed by atoms with E-state index in [2.05, 4.69) is 15.5 Å². The van der Waals surface area contributed by atoms with Crippen molar-refractivity contribution in [3.63, 3.8) is 0 Å². The van der Waals surface area contributed by atoms with Gasteiger partial charge in [-0.15, -0.1) is 5.10 Å². The maximum absolute atomic E-state index is 4.76. The lowest BCUT2D eigenvalue weighted by atomic mass is 9.87. The first kappa shape index (κ1) is 11.1. The van der Waals surface area contributed by atoms with E-state index in [1.807, 2.05) is 6.20 Å². The molecule has 0 aromatic carbocycles. The van der Waals surface area contributed by atoms with Crippen LogP contribution in [0.5, 0.6) is 0 Å². The predicted octanol–water partition coefficient (Wildman–Crippen LogP) is 2.00. The molecule has 4 nitrogen and oxygen atoms in total. The van der Waals surface area contributed by atoms with Gasteiger partial charge in [0.25, 0.3) is 0 Å². The molecule has 0 amide bonds. The van der Waals surface area contributed by atoms with Gasteiger partial charge in [0.15, 0.2) is 5.82 Å². The topological polar surface area (TPSA) is 50.7 Å². The van der Waals surface area contributed by atoms with Crippen molar-refractivity contribution in [3.8, 4) is 0 Å². The number of nitrogens with zero attached hydrogens (tertiary/aromatic N) is 3. The van der Waals surface area contributed by atoms with E-state index in [-0.39, 0.29) is 0 Å². The minimum absolute atomic E-state index is 0.478. The molecule has 3 rings (SSSR count). The van der Waals surface area contributed by atoms with Gasteiger partial charge in [0.2, 0.25) is 0 Å². The summed E-state index contributed by atoms with van der Waals surface area (Å²) in [7, 11) is 0. The fourth-order valence-electron chi connectivity index (χ4n) is 2.97. The van der Waals surface area contributed by atoms with Gasteiger partial charge in [-0.3, -0.25) is 0 Å². The fourth-order valence-corrected chi connectivity index (χ4v) is 2.97. The Labute approximate surface area is 102 Å². The predicted molar refractivity (Wildman–Crippen MR) is 65.9 cm³/mol. The van der Waals surface area contributed by atoms with Gasteiger partial charge in [0.05, 0.1) is 11.9 Å². The summed E-state index contributed by atoms with van der Waals surface area (Å²) in [6.07, 6.45) is 9.65. The molecule has 1 saturated carbocycles. The zero-order chi connectivity index (χ0) is 11.5. The van der Waals surface area contributed by atoms with E-state index in [1.54, 1.807) is 0 Å². The van der Waals surface area contributed by atoms with Gasteiger partial charge in [-0.05, 0) is 25.8 Å². The highest BCUT2D eigenvalue weighted by atomic mass is 15.2. The molecule has 1 aliphatic carbocycles. The van der Waals surface area contributed by atoms with Gasteiger partial charge in [0, 0.05) is 18.4 Å². The molecule has 1 N–H and O–H groups in total. The fraction of sp³-hybridized carbons (Fsp3) is 0.769. The van der Waals surface area contributed by atoms with Gasteiger partial charge in [-0.2, -0.15) is 5.10 Å². The van der Waals surface area contributed by atoms with E-state index in [4.69, 9.17) is 4.98 Å². The molecule has 1 aliphatic heterocycles. The van der Waals surface area contributed by atoms with Crippen molar-refractivity contribution in [2.45, 2.75) is 50.4 Å². The highest BCUT2D eigenvalue weighted by Crippen LogP contribution is 2.31. The summed E-state index contributed by atoms with van der Waals surface area (Å²) < 4.78 is 0. The van der Waals surface area contributed by atoms with Crippen LogP contribution in [0.15, 0.2) is 6.20 Å². The van der Waals surface area contributed by atoms with Crippen LogP contribution in [0.3, 0.4) is 0 Å². The second-order valence-corrected chi connectivity index (χ2v) is 5.26. The first-order chi connectivity index (χ1) is 8.43. The van der Waals surface area contributed by atoms with Crippen molar-refractivity contribution in [1.29, 1.82) is 0 Å². The van der Waals surface area contributed by atoms with Crippen LogP contribution in [0.1, 0.15) is 61.9 Å². The molecule has 0 bridgehead atoms. The molecule has 2 aliphatic rings. The van der Waals surface area contributed by atoms with Crippen LogP contribution in [0.4, 0.5) is 0 Å². The molecule has 0 spiro atoms. The number of rotatable bonds is 2. The summed E-state index contributed by atoms with van der Waals surface area (Å²) >= 11 is 0. The lowest BCUT2D eigenvalue weighted by Gasteiger charge is -2.21. The quantitative estimate of drug-likeness (QED) is 0.847. The third-order valence-electron chi connectivity index (χ3n) is 4.04. The van der Waals surface area contributed by atoms with Crippen LogP contribution in [0.2, 0.25) is 0 Å². The summed E-state index contributed by atoms with van der Waals surface area (Å²) in [6, 6.07) is 0. The highest BCUT2D eigenvalue weighted by molar-refractivity contribution is 5.08. The summed E-state index contributed by atoms with van der Waals surface area (Å²) in [4.78, 5) is 4.76. The lowest BCUT2D eigenvalue weighted by molar-refractivity contribution is 0.432. The first-order valence-corrected chi connectivity index (χ1v) is 6.84. The van der Waals surface area contributed by atoms with Crippen molar-refractivity contribution in [2.75, 3.05) is 13.1 Å². The Morgan fingerprint density at radius 3 is 2.71 bits per heavy atom. The molecule has 1 unspecified atom stereocenters. The van der Waals surface area contributed by atoms with Crippen molar-refractivity contribution >= 4 is 0 Å². The van der Waals surface area contributed by atoms with E-state index in [1.165, 1.54) is 37.8 Å². The largest absolute Gasteiger partial charge is 0.316 e. The Bertz CT molecular complexity index is 367. The van der Waals surface area contributed by atoms with Crippen LogP contribution in [0.25, 0.3) is 0 Å². The molecule has 0 radical (unpaired) electrons. The van der Waals surface area contributed by atoms with E-state index in [0.717, 1.165) is 25.3 Å². The molecule has 2 heterocycles. The van der Waals surface area contributed by atoms with Crippen LogP contribution in [-0.2, 0) is 0 Å². The van der Waals surface area contributed by atoms with Crippen LogP contribution < -0.4 is 5.32 Å². The van der Waals surface area contributed by atoms with Gasteiger partial charge >= 0.3 is 0 Å². The van der Waals surface area contributed by atoms with E-state index in [0.29, 0.717) is 11.8 Å². The molecule has 1 atom stereocenters. The zero-order valence-corrected chi connectivity index (χ0v) is 10.2. The Kier molecular flexibility index (Phi) is 3.31. The minimum Gasteiger partial charge on any atom is -0.316 e. The van der Waals surface area contributed by atoms with E-state index in [9.17, 15) is 0 Å². The van der Waals surface area contributed by atoms with Crippen molar-refractivity contribution in [2.24, 2.45) is 0 Å². The molecule has 1 saturated heterocycles. The average molecular weight is 232 g/mol. The molecule has 1 aromatic rings. The normalized spacial score (nSPS) is 26.2. The zero-order valence-electron chi connectivity index (χ0n) is 10.2. The Balaban J connectivity index is 1.77. The third-order valence-corrected chi connectivity index (χ3v) is 4.04. The molecular formula is C13H20N4. The van der Waals surface area contributed by atoms with Gasteiger partial charge < -0.3 is 5.32 Å².